The summed E-state index contributed by atoms with van der Waals surface area (Å²) in [5.41, 5.74) is 5.67. The van der Waals surface area contributed by atoms with E-state index in [4.69, 9.17) is 14.7 Å². The maximum Gasteiger partial charge on any atom is 0.318 e. The van der Waals surface area contributed by atoms with Crippen LogP contribution < -0.4 is 9.64 Å². The number of benzene rings is 2. The van der Waals surface area contributed by atoms with Crippen LogP contribution in [0.25, 0.3) is 10.8 Å². The molecule has 0 aliphatic heterocycles. The first-order valence-electron chi connectivity index (χ1n) is 19.4. The summed E-state index contributed by atoms with van der Waals surface area (Å²) in [5, 5.41) is 12.2. The number of nitriles is 1. The number of rotatable bonds is 26. The molecule has 0 saturated carbocycles. The minimum absolute atomic E-state index is 0.0362. The van der Waals surface area contributed by atoms with Gasteiger partial charge in [-0.1, -0.05) is 108 Å². The van der Waals surface area contributed by atoms with Crippen LogP contribution in [-0.4, -0.2) is 35.4 Å². The fourth-order valence-corrected chi connectivity index (χ4v) is 7.02. The van der Waals surface area contributed by atoms with Gasteiger partial charge in [-0.25, -0.2) is 0 Å². The molecule has 1 unspecified atom stereocenters. The number of ketones is 1. The lowest BCUT2D eigenvalue weighted by atomic mass is 9.88. The van der Waals surface area contributed by atoms with E-state index in [2.05, 4.69) is 107 Å². The number of aromatic nitrogens is 2. The molecule has 278 valence electrons. The summed E-state index contributed by atoms with van der Waals surface area (Å²) in [7, 11) is 0. The molecular formula is C46H62N4O2. The number of allylic oxidation sites excluding steroid dienone is 3. The normalized spacial score (nSPS) is 12.8. The van der Waals surface area contributed by atoms with Gasteiger partial charge in [-0.3, -0.25) is 4.79 Å². The Balaban J connectivity index is 2.03. The van der Waals surface area contributed by atoms with E-state index >= 15 is 0 Å². The Morgan fingerprint density at radius 1 is 1.04 bits per heavy atom. The van der Waals surface area contributed by atoms with Crippen molar-refractivity contribution in [2.24, 2.45) is 17.8 Å². The van der Waals surface area contributed by atoms with E-state index in [1.165, 1.54) is 28.0 Å². The number of hydrogen-bond acceptors (Lipinski definition) is 6. The van der Waals surface area contributed by atoms with Crippen molar-refractivity contribution in [3.63, 3.8) is 0 Å². The molecule has 0 aliphatic carbocycles. The number of hydrogen-bond donors (Lipinski definition) is 0. The standard InChI is InChI=1S/C46H62N4O2/c1-9-15-19-37(18-10-2)33-52-46-48-43(14-6)42(45(49-46)50(32-35(8)26-28-47)29-27-34(7)30-41(51)13-5)25-24-36(11-3)31-40-23-17-22-39-21-16-20-38(12-4)44(39)40/h10-11,13,16-17,20-23,35-37H,2-3,5,7,9,12,14-15,18-19,24-27,29-33H2,1,4,6,8H3/t35-,36?,37-/m0/s1. The van der Waals surface area contributed by atoms with Gasteiger partial charge >= 0.3 is 6.01 Å². The molecule has 2 aromatic carbocycles. The highest BCUT2D eigenvalue weighted by Crippen LogP contribution is 2.32. The molecule has 1 heterocycles. The van der Waals surface area contributed by atoms with Gasteiger partial charge in [-0.2, -0.15) is 15.2 Å². The van der Waals surface area contributed by atoms with E-state index in [1.807, 2.05) is 6.08 Å². The second-order valence-corrected chi connectivity index (χ2v) is 14.2. The van der Waals surface area contributed by atoms with Gasteiger partial charge in [-0.05, 0) is 97.1 Å². The van der Waals surface area contributed by atoms with Crippen molar-refractivity contribution in [3.8, 4) is 12.1 Å². The molecule has 0 N–H and O–H groups in total. The molecule has 3 rings (SSSR count). The predicted molar refractivity (Wildman–Crippen MR) is 219 cm³/mol. The lowest BCUT2D eigenvalue weighted by molar-refractivity contribution is -0.114. The molecular weight excluding hydrogens is 641 g/mol. The third-order valence-electron chi connectivity index (χ3n) is 10.00. The first-order valence-corrected chi connectivity index (χ1v) is 19.4. The Bertz CT molecular complexity index is 1680. The average Bonchev–Trinajstić information content (AvgIpc) is 3.15. The van der Waals surface area contributed by atoms with Gasteiger partial charge in [0.2, 0.25) is 0 Å². The number of nitrogens with zero attached hydrogens (tertiary/aromatic N) is 4. The van der Waals surface area contributed by atoms with Crippen LogP contribution in [-0.2, 0) is 30.5 Å². The van der Waals surface area contributed by atoms with Gasteiger partial charge in [0.15, 0.2) is 5.78 Å². The molecule has 6 nitrogen and oxygen atoms in total. The first kappa shape index (κ1) is 41.9. The molecule has 3 aromatic rings. The minimum atomic E-state index is -0.0362. The zero-order valence-electron chi connectivity index (χ0n) is 32.5. The molecule has 6 heteroatoms. The zero-order valence-corrected chi connectivity index (χ0v) is 32.5. The van der Waals surface area contributed by atoms with Crippen LogP contribution >= 0.6 is 0 Å². The highest BCUT2D eigenvalue weighted by Gasteiger charge is 2.23. The van der Waals surface area contributed by atoms with Crippen molar-refractivity contribution in [1.82, 2.24) is 9.97 Å². The maximum absolute atomic E-state index is 12.2. The number of carbonyl (C=O) groups excluding carboxylic acids is 1. The van der Waals surface area contributed by atoms with Gasteiger partial charge in [0.05, 0.1) is 18.4 Å². The third-order valence-corrected chi connectivity index (χ3v) is 10.00. The highest BCUT2D eigenvalue weighted by molar-refractivity contribution is 5.90. The van der Waals surface area contributed by atoms with E-state index in [9.17, 15) is 10.1 Å². The molecule has 0 saturated heterocycles. The minimum Gasteiger partial charge on any atom is -0.463 e. The van der Waals surface area contributed by atoms with Crippen LogP contribution in [0.4, 0.5) is 5.82 Å². The van der Waals surface area contributed by atoms with Crippen LogP contribution in [0.2, 0.25) is 0 Å². The van der Waals surface area contributed by atoms with E-state index < -0.39 is 0 Å². The summed E-state index contributed by atoms with van der Waals surface area (Å²) in [6, 6.07) is 16.0. The van der Waals surface area contributed by atoms with Crippen molar-refractivity contribution < 1.29 is 9.53 Å². The number of ether oxygens (including phenoxy) is 1. The van der Waals surface area contributed by atoms with Crippen LogP contribution in [0.3, 0.4) is 0 Å². The molecule has 3 atom stereocenters. The summed E-state index contributed by atoms with van der Waals surface area (Å²) < 4.78 is 6.40. The van der Waals surface area contributed by atoms with E-state index in [-0.39, 0.29) is 24.0 Å². The highest BCUT2D eigenvalue weighted by atomic mass is 16.5. The molecule has 1 aromatic heterocycles. The van der Waals surface area contributed by atoms with Crippen molar-refractivity contribution >= 4 is 22.4 Å². The number of fused-ring (bicyclic) bond motifs is 1. The number of anilines is 1. The number of aryl methyl sites for hydroxylation is 2. The summed E-state index contributed by atoms with van der Waals surface area (Å²) in [6.07, 6.45) is 15.3. The summed E-state index contributed by atoms with van der Waals surface area (Å²) >= 11 is 0. The Morgan fingerprint density at radius 3 is 2.42 bits per heavy atom. The molecule has 0 radical (unpaired) electrons. The molecule has 0 spiro atoms. The second kappa shape index (κ2) is 22.4. The van der Waals surface area contributed by atoms with Gasteiger partial charge < -0.3 is 9.64 Å². The quantitative estimate of drug-likeness (QED) is 0.0612. The molecule has 0 fully saturated rings. The average molecular weight is 703 g/mol. The predicted octanol–water partition coefficient (Wildman–Crippen LogP) is 10.9. The first-order chi connectivity index (χ1) is 25.2. The Morgan fingerprint density at radius 2 is 1.79 bits per heavy atom. The number of carbonyl (C=O) groups is 1. The lowest BCUT2D eigenvalue weighted by Gasteiger charge is -2.30. The summed E-state index contributed by atoms with van der Waals surface area (Å²) in [4.78, 5) is 24.6. The van der Waals surface area contributed by atoms with Crippen LogP contribution in [0, 0.1) is 29.1 Å². The van der Waals surface area contributed by atoms with Gasteiger partial charge in [-0.15, -0.1) is 13.2 Å². The lowest BCUT2D eigenvalue weighted by Crippen LogP contribution is -2.32. The van der Waals surface area contributed by atoms with E-state index in [0.717, 1.165) is 80.4 Å². The monoisotopic (exact) mass is 702 g/mol. The van der Waals surface area contributed by atoms with Crippen molar-refractivity contribution in [2.75, 3.05) is 24.6 Å². The largest absolute Gasteiger partial charge is 0.463 e. The van der Waals surface area contributed by atoms with Crippen molar-refractivity contribution in [3.05, 3.63) is 109 Å². The fourth-order valence-electron chi connectivity index (χ4n) is 7.02. The van der Waals surface area contributed by atoms with Gasteiger partial charge in [0.1, 0.15) is 5.82 Å². The van der Waals surface area contributed by atoms with Crippen molar-refractivity contribution in [1.29, 1.82) is 5.26 Å². The zero-order chi connectivity index (χ0) is 37.9. The fraction of sp³-hybridized carbons (Fsp3) is 0.478. The van der Waals surface area contributed by atoms with Crippen LogP contribution in [0.1, 0.15) is 101 Å². The molecule has 0 bridgehead atoms. The van der Waals surface area contributed by atoms with Gasteiger partial charge in [0.25, 0.3) is 0 Å². The van der Waals surface area contributed by atoms with Gasteiger partial charge in [0, 0.05) is 31.5 Å². The third kappa shape index (κ3) is 12.6. The smallest absolute Gasteiger partial charge is 0.318 e. The van der Waals surface area contributed by atoms with Crippen LogP contribution in [0.5, 0.6) is 6.01 Å². The summed E-state index contributed by atoms with van der Waals surface area (Å²) in [6.45, 7) is 26.5. The Kier molecular flexibility index (Phi) is 18.1. The maximum atomic E-state index is 12.2. The molecule has 52 heavy (non-hydrogen) atoms. The molecule has 0 amide bonds. The SMILES string of the molecule is C=CC[C@@H](CCCC)COc1nc(CC)c(CCC(C=C)Cc2cccc3cccc(CC)c23)c(N(CCC(=C)CC(=O)C=C)C[C@@H](C)CC#N)n1. The van der Waals surface area contributed by atoms with E-state index in [1.54, 1.807) is 0 Å². The van der Waals surface area contributed by atoms with E-state index in [0.29, 0.717) is 44.5 Å². The second-order valence-electron chi connectivity index (χ2n) is 14.2. The molecule has 0 aliphatic rings. The number of unbranched alkanes of at least 4 members (excludes halogenated alkanes) is 1. The Labute approximate surface area is 314 Å². The Hall–Kier alpha value is -4.50. The van der Waals surface area contributed by atoms with Crippen LogP contribution in [0.15, 0.2) is 86.5 Å². The van der Waals surface area contributed by atoms with Crippen molar-refractivity contribution in [2.45, 2.75) is 105 Å². The topological polar surface area (TPSA) is 79.1 Å². The summed E-state index contributed by atoms with van der Waals surface area (Å²) in [5.74, 6) is 1.52.